The Bertz CT molecular complexity index is 405. The molecule has 18 heavy (non-hydrogen) atoms. The van der Waals surface area contributed by atoms with Crippen LogP contribution in [-0.2, 0) is 6.54 Å². The van der Waals surface area contributed by atoms with E-state index in [0.29, 0.717) is 12.1 Å². The predicted molar refractivity (Wildman–Crippen MR) is 79.5 cm³/mol. The van der Waals surface area contributed by atoms with Gasteiger partial charge in [0.05, 0.1) is 10.7 Å². The number of anilines is 1. The SMILES string of the molecule is CCC1CCC(C)N1c1c(Cl)cccc1CNC. The number of hydrogen-bond acceptors (Lipinski definition) is 2. The highest BCUT2D eigenvalue weighted by atomic mass is 35.5. The smallest absolute Gasteiger partial charge is 0.0643 e. The highest BCUT2D eigenvalue weighted by molar-refractivity contribution is 6.33. The lowest BCUT2D eigenvalue weighted by Crippen LogP contribution is -2.35. The fraction of sp³-hybridized carbons (Fsp3) is 0.600. The average molecular weight is 267 g/mol. The van der Waals surface area contributed by atoms with Gasteiger partial charge in [-0.15, -0.1) is 0 Å². The number of hydrogen-bond donors (Lipinski definition) is 1. The summed E-state index contributed by atoms with van der Waals surface area (Å²) in [6.07, 6.45) is 3.74. The molecule has 1 aliphatic rings. The molecule has 0 saturated carbocycles. The van der Waals surface area contributed by atoms with E-state index in [4.69, 9.17) is 11.6 Å². The van der Waals surface area contributed by atoms with Crippen molar-refractivity contribution >= 4 is 17.3 Å². The van der Waals surface area contributed by atoms with Gasteiger partial charge in [-0.05, 0) is 44.9 Å². The van der Waals surface area contributed by atoms with Gasteiger partial charge in [0, 0.05) is 18.6 Å². The summed E-state index contributed by atoms with van der Waals surface area (Å²) in [4.78, 5) is 2.54. The zero-order valence-corrected chi connectivity index (χ0v) is 12.3. The van der Waals surface area contributed by atoms with Crippen LogP contribution in [0.1, 0.15) is 38.7 Å². The summed E-state index contributed by atoms with van der Waals surface area (Å²) >= 11 is 6.46. The molecule has 1 heterocycles. The van der Waals surface area contributed by atoms with Crippen molar-refractivity contribution in [3.8, 4) is 0 Å². The summed E-state index contributed by atoms with van der Waals surface area (Å²) in [5.41, 5.74) is 2.54. The van der Waals surface area contributed by atoms with Gasteiger partial charge in [-0.25, -0.2) is 0 Å². The van der Waals surface area contributed by atoms with Crippen LogP contribution in [0.25, 0.3) is 0 Å². The minimum atomic E-state index is 0.588. The van der Waals surface area contributed by atoms with Crippen molar-refractivity contribution in [3.63, 3.8) is 0 Å². The third-order valence-corrected chi connectivity index (χ3v) is 4.26. The summed E-state index contributed by atoms with van der Waals surface area (Å²) in [7, 11) is 1.98. The molecular formula is C15H23ClN2. The molecule has 2 rings (SSSR count). The standard InChI is InChI=1S/C15H23ClN2/c1-4-13-9-8-11(2)18(13)15-12(10-17-3)6-5-7-14(15)16/h5-7,11,13,17H,4,8-10H2,1-3H3. The van der Waals surface area contributed by atoms with Crippen molar-refractivity contribution in [2.75, 3.05) is 11.9 Å². The lowest BCUT2D eigenvalue weighted by molar-refractivity contribution is 0.624. The molecule has 0 aliphatic carbocycles. The van der Waals surface area contributed by atoms with Crippen molar-refractivity contribution in [1.29, 1.82) is 0 Å². The molecule has 0 aromatic heterocycles. The van der Waals surface area contributed by atoms with Crippen LogP contribution in [0.15, 0.2) is 18.2 Å². The number of nitrogens with zero attached hydrogens (tertiary/aromatic N) is 1. The van der Waals surface area contributed by atoms with Crippen LogP contribution in [0.4, 0.5) is 5.69 Å². The lowest BCUT2D eigenvalue weighted by atomic mass is 10.1. The molecule has 1 aromatic carbocycles. The fourth-order valence-corrected chi connectivity index (χ4v) is 3.35. The molecule has 0 bridgehead atoms. The molecule has 1 aromatic rings. The van der Waals surface area contributed by atoms with E-state index < -0.39 is 0 Å². The second-order valence-corrected chi connectivity index (χ2v) is 5.58. The first kappa shape index (κ1) is 13.7. The van der Waals surface area contributed by atoms with Crippen molar-refractivity contribution < 1.29 is 0 Å². The minimum Gasteiger partial charge on any atom is -0.364 e. The highest BCUT2D eigenvalue weighted by Crippen LogP contribution is 2.38. The van der Waals surface area contributed by atoms with Crippen molar-refractivity contribution in [1.82, 2.24) is 5.32 Å². The van der Waals surface area contributed by atoms with Crippen LogP contribution in [0.2, 0.25) is 5.02 Å². The Labute approximate surface area is 115 Å². The van der Waals surface area contributed by atoms with Crippen LogP contribution in [0.3, 0.4) is 0 Å². The topological polar surface area (TPSA) is 15.3 Å². The van der Waals surface area contributed by atoms with Gasteiger partial charge in [-0.3, -0.25) is 0 Å². The highest BCUT2D eigenvalue weighted by Gasteiger charge is 2.31. The second-order valence-electron chi connectivity index (χ2n) is 5.17. The van der Waals surface area contributed by atoms with Crippen LogP contribution in [-0.4, -0.2) is 19.1 Å². The Morgan fingerprint density at radius 3 is 2.83 bits per heavy atom. The molecule has 2 atom stereocenters. The van der Waals surface area contributed by atoms with Gasteiger partial charge < -0.3 is 10.2 Å². The Morgan fingerprint density at radius 1 is 1.39 bits per heavy atom. The average Bonchev–Trinajstić information content (AvgIpc) is 2.71. The van der Waals surface area contributed by atoms with Crippen LogP contribution in [0.5, 0.6) is 0 Å². The van der Waals surface area contributed by atoms with Gasteiger partial charge in [-0.2, -0.15) is 0 Å². The molecule has 1 N–H and O–H groups in total. The third kappa shape index (κ3) is 2.50. The van der Waals surface area contributed by atoms with E-state index in [2.05, 4.69) is 30.1 Å². The van der Waals surface area contributed by atoms with Crippen molar-refractivity contribution in [2.45, 2.75) is 51.7 Å². The van der Waals surface area contributed by atoms with E-state index in [-0.39, 0.29) is 0 Å². The second kappa shape index (κ2) is 5.94. The van der Waals surface area contributed by atoms with Crippen LogP contribution in [0, 0.1) is 0 Å². The minimum absolute atomic E-state index is 0.588. The summed E-state index contributed by atoms with van der Waals surface area (Å²) in [6, 6.07) is 7.45. The monoisotopic (exact) mass is 266 g/mol. The number of rotatable bonds is 4. The molecular weight excluding hydrogens is 244 g/mol. The predicted octanol–water partition coefficient (Wildman–Crippen LogP) is 3.83. The summed E-state index contributed by atoms with van der Waals surface area (Å²) in [6.45, 7) is 5.45. The maximum atomic E-state index is 6.46. The van der Waals surface area contributed by atoms with Gasteiger partial charge in [0.2, 0.25) is 0 Å². The molecule has 0 radical (unpaired) electrons. The number of halogens is 1. The Balaban J connectivity index is 2.41. The van der Waals surface area contributed by atoms with E-state index in [9.17, 15) is 0 Å². The van der Waals surface area contributed by atoms with Gasteiger partial charge in [0.1, 0.15) is 0 Å². The third-order valence-electron chi connectivity index (χ3n) is 3.95. The molecule has 1 aliphatic heterocycles. The summed E-state index contributed by atoms with van der Waals surface area (Å²) in [5, 5.41) is 4.12. The van der Waals surface area contributed by atoms with Gasteiger partial charge >= 0.3 is 0 Å². The molecule has 1 saturated heterocycles. The quantitative estimate of drug-likeness (QED) is 0.891. The van der Waals surface area contributed by atoms with E-state index >= 15 is 0 Å². The van der Waals surface area contributed by atoms with Crippen LogP contribution < -0.4 is 10.2 Å². The number of nitrogens with one attached hydrogen (secondary N) is 1. The van der Waals surface area contributed by atoms with Gasteiger partial charge in [-0.1, -0.05) is 30.7 Å². The van der Waals surface area contributed by atoms with E-state index in [1.165, 1.54) is 30.5 Å². The van der Waals surface area contributed by atoms with Gasteiger partial charge in [0.25, 0.3) is 0 Å². The summed E-state index contributed by atoms with van der Waals surface area (Å²) < 4.78 is 0. The first-order valence-electron chi connectivity index (χ1n) is 6.89. The molecule has 2 unspecified atom stereocenters. The van der Waals surface area contributed by atoms with Crippen LogP contribution >= 0.6 is 11.6 Å². The van der Waals surface area contributed by atoms with Crippen molar-refractivity contribution in [3.05, 3.63) is 28.8 Å². The maximum absolute atomic E-state index is 6.46. The van der Waals surface area contributed by atoms with E-state index in [1.54, 1.807) is 0 Å². The number of para-hydroxylation sites is 1. The zero-order chi connectivity index (χ0) is 13.1. The van der Waals surface area contributed by atoms with Crippen molar-refractivity contribution in [2.24, 2.45) is 0 Å². The zero-order valence-electron chi connectivity index (χ0n) is 11.5. The normalized spacial score (nSPS) is 23.7. The molecule has 3 heteroatoms. The molecule has 0 spiro atoms. The Morgan fingerprint density at radius 2 is 2.17 bits per heavy atom. The van der Waals surface area contributed by atoms with E-state index in [0.717, 1.165) is 11.6 Å². The van der Waals surface area contributed by atoms with E-state index in [1.807, 2.05) is 19.2 Å². The Hall–Kier alpha value is -0.730. The molecule has 1 fully saturated rings. The maximum Gasteiger partial charge on any atom is 0.0643 e. The molecule has 0 amide bonds. The fourth-order valence-electron chi connectivity index (χ4n) is 3.06. The summed E-state index contributed by atoms with van der Waals surface area (Å²) in [5.74, 6) is 0. The number of benzene rings is 1. The first-order chi connectivity index (χ1) is 8.69. The molecule has 100 valence electrons. The lowest BCUT2D eigenvalue weighted by Gasteiger charge is -2.33. The van der Waals surface area contributed by atoms with Gasteiger partial charge in [0.15, 0.2) is 0 Å². The first-order valence-corrected chi connectivity index (χ1v) is 7.27. The Kier molecular flexibility index (Phi) is 4.52. The largest absolute Gasteiger partial charge is 0.364 e. The molecule has 2 nitrogen and oxygen atoms in total.